The smallest absolute Gasteiger partial charge is 0.327 e. The first-order valence-electron chi connectivity index (χ1n) is 10.3. The van der Waals surface area contributed by atoms with Crippen LogP contribution in [0.2, 0.25) is 0 Å². The Morgan fingerprint density at radius 1 is 1.22 bits per heavy atom. The molecule has 2 aromatic heterocycles. The van der Waals surface area contributed by atoms with Gasteiger partial charge in [-0.15, -0.1) is 0 Å². The highest BCUT2D eigenvalue weighted by Gasteiger charge is 2.28. The summed E-state index contributed by atoms with van der Waals surface area (Å²) in [4.78, 5) is 40.0. The molecule has 0 spiro atoms. The molecule has 0 unspecified atom stereocenters. The first kappa shape index (κ1) is 24.9. The van der Waals surface area contributed by atoms with Gasteiger partial charge in [0.2, 0.25) is 5.95 Å². The van der Waals surface area contributed by atoms with E-state index in [0.29, 0.717) is 29.9 Å². The van der Waals surface area contributed by atoms with Crippen LogP contribution >= 0.6 is 0 Å². The number of hydrogen-bond donors (Lipinski definition) is 6. The van der Waals surface area contributed by atoms with Crippen LogP contribution in [0.4, 0.5) is 17.5 Å². The number of carbonyl (C=O) groups excluding carboxylic acids is 1. The van der Waals surface area contributed by atoms with Crippen LogP contribution in [0.5, 0.6) is 0 Å². The molecule has 0 aliphatic carbocycles. The van der Waals surface area contributed by atoms with Crippen LogP contribution in [0.15, 0.2) is 24.4 Å². The van der Waals surface area contributed by atoms with E-state index in [4.69, 9.17) is 21.1 Å². The minimum atomic E-state index is -4.63. The summed E-state index contributed by atoms with van der Waals surface area (Å²) in [6.45, 7) is 0.296. The Bertz CT molecular complexity index is 1470. The third kappa shape index (κ3) is 5.38. The number of carboxylic acid groups (broad SMARTS) is 1. The number of nitrogens with zero attached hydrogens (tertiary/aromatic N) is 6. The maximum atomic E-state index is 12.5. The average molecular weight is 520 g/mol. The minimum Gasteiger partial charge on any atom is -0.480 e. The number of aromatic nitrogens is 4. The Labute approximate surface area is 203 Å². The molecular weight excluding hydrogens is 498 g/mol. The van der Waals surface area contributed by atoms with Gasteiger partial charge in [-0.1, -0.05) is 5.17 Å². The number of hydrogen-bond acceptors (Lipinski definition) is 13. The number of nitrogen functional groups attached to an aromatic ring is 2. The van der Waals surface area contributed by atoms with Gasteiger partial charge in [0.25, 0.3) is 16.0 Å². The number of carbonyl (C=O) groups is 2. The molecular formula is C19H21N9O7S. The van der Waals surface area contributed by atoms with E-state index < -0.39 is 33.8 Å². The highest BCUT2D eigenvalue weighted by molar-refractivity contribution is 7.85. The highest BCUT2D eigenvalue weighted by atomic mass is 32.2. The SMILES string of the molecule is Nc1nc(N)c2nc(CN(O)N3CCc4cc(C(=O)N[C@@H](CS(=O)(=O)O)C(=O)O)ccc43)cnc2n1. The van der Waals surface area contributed by atoms with E-state index in [2.05, 4.69) is 25.3 Å². The molecule has 1 aliphatic rings. The third-order valence-electron chi connectivity index (χ3n) is 5.28. The molecule has 17 heteroatoms. The number of aliphatic carboxylic acids is 1. The molecule has 36 heavy (non-hydrogen) atoms. The molecule has 3 heterocycles. The minimum absolute atomic E-state index is 0.0375. The predicted octanol–water partition coefficient (Wildman–Crippen LogP) is -1.18. The summed E-state index contributed by atoms with van der Waals surface area (Å²) in [6, 6.07) is 2.62. The van der Waals surface area contributed by atoms with Crippen LogP contribution in [0.1, 0.15) is 21.6 Å². The van der Waals surface area contributed by atoms with Crippen LogP contribution < -0.4 is 21.8 Å². The lowest BCUT2D eigenvalue weighted by atomic mass is 10.1. The Hall–Kier alpha value is -4.19. The lowest BCUT2D eigenvalue weighted by molar-refractivity contribution is -0.138. The third-order valence-corrected chi connectivity index (χ3v) is 6.03. The monoisotopic (exact) mass is 519 g/mol. The van der Waals surface area contributed by atoms with E-state index in [0.717, 1.165) is 5.17 Å². The number of hydroxylamine groups is 1. The first-order valence-corrected chi connectivity index (χ1v) is 11.9. The van der Waals surface area contributed by atoms with E-state index in [9.17, 15) is 23.2 Å². The molecule has 16 nitrogen and oxygen atoms in total. The van der Waals surface area contributed by atoms with Crippen molar-refractivity contribution in [1.82, 2.24) is 30.4 Å². The fraction of sp³-hybridized carbons (Fsp3) is 0.263. The normalized spacial score (nSPS) is 14.1. The molecule has 190 valence electrons. The van der Waals surface area contributed by atoms with Gasteiger partial charge in [-0.05, 0) is 30.2 Å². The largest absolute Gasteiger partial charge is 0.480 e. The zero-order valence-electron chi connectivity index (χ0n) is 18.4. The van der Waals surface area contributed by atoms with Crippen molar-refractivity contribution in [1.29, 1.82) is 0 Å². The number of hydrazine groups is 1. The second kappa shape index (κ2) is 9.46. The van der Waals surface area contributed by atoms with Crippen LogP contribution in [0.3, 0.4) is 0 Å². The van der Waals surface area contributed by atoms with E-state index in [-0.39, 0.29) is 35.0 Å². The van der Waals surface area contributed by atoms with Gasteiger partial charge >= 0.3 is 5.97 Å². The van der Waals surface area contributed by atoms with Crippen molar-refractivity contribution in [2.24, 2.45) is 0 Å². The molecule has 4 rings (SSSR count). The number of nitrogens with one attached hydrogen (secondary N) is 1. The van der Waals surface area contributed by atoms with Crippen LogP contribution in [0.25, 0.3) is 11.2 Å². The topological polar surface area (TPSA) is 251 Å². The summed E-state index contributed by atoms with van der Waals surface area (Å²) in [6.07, 6.45) is 1.86. The highest BCUT2D eigenvalue weighted by Crippen LogP contribution is 2.30. The van der Waals surface area contributed by atoms with Crippen molar-refractivity contribution >= 4 is 50.6 Å². The summed E-state index contributed by atoms with van der Waals surface area (Å²) < 4.78 is 31.0. The molecule has 1 aromatic carbocycles. The zero-order valence-corrected chi connectivity index (χ0v) is 19.3. The number of carboxylic acids is 1. The zero-order chi connectivity index (χ0) is 26.2. The van der Waals surface area contributed by atoms with Gasteiger partial charge in [-0.25, -0.2) is 14.8 Å². The van der Waals surface area contributed by atoms with Crippen molar-refractivity contribution in [2.45, 2.75) is 19.0 Å². The molecule has 0 bridgehead atoms. The molecule has 0 saturated carbocycles. The number of rotatable bonds is 8. The van der Waals surface area contributed by atoms with Crippen LogP contribution in [0, 0.1) is 0 Å². The van der Waals surface area contributed by atoms with E-state index >= 15 is 0 Å². The Morgan fingerprint density at radius 3 is 2.67 bits per heavy atom. The summed E-state index contributed by atoms with van der Waals surface area (Å²) in [5.74, 6) is -3.60. The first-order chi connectivity index (χ1) is 16.9. The fourth-order valence-corrected chi connectivity index (χ4v) is 4.33. The standard InChI is InChI=1S/C19H21N9O7S/c20-15-14-16(26-19(21)25-15)22-6-11(23-14)7-28(32)27-4-3-9-5-10(1-2-13(9)27)17(29)24-12(18(30)31)8-36(33,34)35/h1-2,5-6,12,32H,3-4,7-8H2,(H,24,29)(H,30,31)(H,33,34,35)(H4,20,21,22,25,26)/t12-/m0/s1. The van der Waals surface area contributed by atoms with Gasteiger partial charge in [0.1, 0.15) is 11.8 Å². The van der Waals surface area contributed by atoms with E-state index in [1.165, 1.54) is 18.3 Å². The van der Waals surface area contributed by atoms with Gasteiger partial charge in [-0.2, -0.15) is 18.4 Å². The van der Waals surface area contributed by atoms with Gasteiger partial charge in [0.15, 0.2) is 17.0 Å². The number of fused-ring (bicyclic) bond motifs is 2. The molecule has 0 fully saturated rings. The Balaban J connectivity index is 1.48. The lowest BCUT2D eigenvalue weighted by Crippen LogP contribution is -2.45. The van der Waals surface area contributed by atoms with Crippen molar-refractivity contribution in [3.8, 4) is 0 Å². The Kier molecular flexibility index (Phi) is 6.55. The molecule has 1 aliphatic heterocycles. The Morgan fingerprint density at radius 2 is 1.97 bits per heavy atom. The van der Waals surface area contributed by atoms with Crippen LogP contribution in [-0.2, 0) is 27.9 Å². The molecule has 3 aromatic rings. The van der Waals surface area contributed by atoms with E-state index in [1.54, 1.807) is 11.1 Å². The molecule has 1 atom stereocenters. The van der Waals surface area contributed by atoms with E-state index in [1.807, 2.05) is 0 Å². The second-order valence-corrected chi connectivity index (χ2v) is 9.36. The number of anilines is 3. The number of benzene rings is 1. The maximum Gasteiger partial charge on any atom is 0.327 e. The second-order valence-electron chi connectivity index (χ2n) is 7.86. The lowest BCUT2D eigenvalue weighted by Gasteiger charge is -2.28. The van der Waals surface area contributed by atoms with Gasteiger partial charge < -0.3 is 21.9 Å². The predicted molar refractivity (Wildman–Crippen MR) is 124 cm³/mol. The quantitative estimate of drug-likeness (QED) is 0.151. The molecule has 0 radical (unpaired) electrons. The van der Waals surface area contributed by atoms with Crippen molar-refractivity contribution in [2.75, 3.05) is 28.8 Å². The van der Waals surface area contributed by atoms with Gasteiger partial charge in [0.05, 0.1) is 24.1 Å². The average Bonchev–Trinajstić information content (AvgIpc) is 3.21. The fourth-order valence-electron chi connectivity index (χ4n) is 3.68. The van der Waals surface area contributed by atoms with Crippen LogP contribution in [-0.4, -0.2) is 78.6 Å². The molecule has 0 saturated heterocycles. The van der Waals surface area contributed by atoms with Gasteiger partial charge in [0, 0.05) is 12.1 Å². The summed E-state index contributed by atoms with van der Waals surface area (Å²) >= 11 is 0. The van der Waals surface area contributed by atoms with Crippen molar-refractivity contribution < 1.29 is 32.9 Å². The molecule has 1 amide bonds. The summed E-state index contributed by atoms with van der Waals surface area (Å²) in [5.41, 5.74) is 13.6. The summed E-state index contributed by atoms with van der Waals surface area (Å²) in [5, 5.41) is 24.4. The number of nitrogens with two attached hydrogens (primary N) is 2. The summed E-state index contributed by atoms with van der Waals surface area (Å²) in [7, 11) is -4.63. The van der Waals surface area contributed by atoms with Crippen molar-refractivity contribution in [3.05, 3.63) is 41.2 Å². The van der Waals surface area contributed by atoms with Gasteiger partial charge in [-0.3, -0.25) is 19.6 Å². The maximum absolute atomic E-state index is 12.5. The number of amides is 1. The van der Waals surface area contributed by atoms with Crippen molar-refractivity contribution in [3.63, 3.8) is 0 Å². The molecule has 8 N–H and O–H groups in total.